The van der Waals surface area contributed by atoms with Crippen molar-refractivity contribution >= 4 is 22.9 Å². The van der Waals surface area contributed by atoms with Gasteiger partial charge in [-0.3, -0.25) is 0 Å². The smallest absolute Gasteiger partial charge is 0.331 e. The highest BCUT2D eigenvalue weighted by Gasteiger charge is 2.14. The lowest BCUT2D eigenvalue weighted by molar-refractivity contribution is -0.137. The number of benzene rings is 1. The lowest BCUT2D eigenvalue weighted by atomic mass is 10.0. The molecule has 0 saturated heterocycles. The fraction of sp³-hybridized carbons (Fsp3) is 0.300. The molecule has 0 fully saturated rings. The number of aromatic nitrogens is 1. The molecule has 1 N–H and O–H groups in total. The van der Waals surface area contributed by atoms with E-state index in [1.54, 1.807) is 25.3 Å². The minimum Gasteiger partial charge on any atom is -0.494 e. The quantitative estimate of drug-likeness (QED) is 0.466. The largest absolute Gasteiger partial charge is 0.494 e. The lowest BCUT2D eigenvalue weighted by Gasteiger charge is -2.08. The first-order valence-corrected chi connectivity index (χ1v) is 9.17. The molecule has 7 heteroatoms. The Bertz CT molecular complexity index is 893. The summed E-state index contributed by atoms with van der Waals surface area (Å²) in [6.45, 7) is 3.59. The molecular weight excluding hydrogens is 369 g/mol. The molecular formula is C20H20FNO4S. The highest BCUT2D eigenvalue weighted by Crippen LogP contribution is 2.28. The van der Waals surface area contributed by atoms with Crippen LogP contribution in [0.4, 0.5) is 4.39 Å². The van der Waals surface area contributed by atoms with E-state index < -0.39 is 17.9 Å². The predicted octanol–water partition coefficient (Wildman–Crippen LogP) is 3.41. The van der Waals surface area contributed by atoms with Crippen LogP contribution in [-0.2, 0) is 9.53 Å². The van der Waals surface area contributed by atoms with Crippen LogP contribution >= 0.6 is 11.3 Å². The van der Waals surface area contributed by atoms with Crippen LogP contribution in [0.3, 0.4) is 0 Å². The maximum absolute atomic E-state index is 14.1. The van der Waals surface area contributed by atoms with Gasteiger partial charge in [-0.15, -0.1) is 11.3 Å². The Morgan fingerprint density at radius 3 is 2.89 bits per heavy atom. The van der Waals surface area contributed by atoms with Crippen molar-refractivity contribution in [3.8, 4) is 17.6 Å². The van der Waals surface area contributed by atoms with Gasteiger partial charge in [0, 0.05) is 23.5 Å². The lowest BCUT2D eigenvalue weighted by Crippen LogP contribution is -2.02. The second-order valence-electron chi connectivity index (χ2n) is 5.55. The van der Waals surface area contributed by atoms with Gasteiger partial charge in [0.25, 0.3) is 0 Å². The molecule has 0 aliphatic rings. The summed E-state index contributed by atoms with van der Waals surface area (Å²) in [7, 11) is 1.38. The molecule has 2 rings (SSSR count). The van der Waals surface area contributed by atoms with Crippen LogP contribution < -0.4 is 4.74 Å². The van der Waals surface area contributed by atoms with Crippen molar-refractivity contribution in [3.63, 3.8) is 0 Å². The molecule has 1 aromatic heterocycles. The van der Waals surface area contributed by atoms with Crippen molar-refractivity contribution in [2.45, 2.75) is 26.4 Å². The standard InChI is InChI=1S/C20H20FNO4S/c1-4-26-20(24)11-15(14-8-9-18(25-3)16(21)10-14)17-12-27-19(22-17)7-5-6-13(2)23/h8-13,23H,4,6H2,1-3H3/b15-11+. The number of halogens is 1. The fourth-order valence-corrected chi connectivity index (χ4v) is 2.86. The molecule has 0 aliphatic heterocycles. The molecule has 2 aromatic rings. The normalized spacial score (nSPS) is 12.1. The molecule has 142 valence electrons. The average Bonchev–Trinajstić information content (AvgIpc) is 3.08. The molecule has 5 nitrogen and oxygen atoms in total. The number of aliphatic hydroxyl groups is 1. The molecule has 27 heavy (non-hydrogen) atoms. The van der Waals surface area contributed by atoms with E-state index in [0.29, 0.717) is 28.3 Å². The van der Waals surface area contributed by atoms with Gasteiger partial charge in [-0.2, -0.15) is 0 Å². The monoisotopic (exact) mass is 389 g/mol. The number of hydrogen-bond acceptors (Lipinski definition) is 6. The third-order valence-corrected chi connectivity index (χ3v) is 4.14. The van der Waals surface area contributed by atoms with E-state index in [4.69, 9.17) is 9.47 Å². The molecule has 0 amide bonds. The van der Waals surface area contributed by atoms with Crippen molar-refractivity contribution in [3.05, 3.63) is 51.7 Å². The number of ether oxygens (including phenoxy) is 2. The third kappa shape index (κ3) is 5.91. The Morgan fingerprint density at radius 1 is 1.48 bits per heavy atom. The summed E-state index contributed by atoms with van der Waals surface area (Å²) in [4.78, 5) is 16.4. The molecule has 1 atom stereocenters. The van der Waals surface area contributed by atoms with E-state index >= 15 is 0 Å². The number of thiazole rings is 1. The molecule has 0 aliphatic carbocycles. The van der Waals surface area contributed by atoms with E-state index in [-0.39, 0.29) is 12.4 Å². The van der Waals surface area contributed by atoms with Gasteiger partial charge in [-0.25, -0.2) is 14.2 Å². The molecule has 0 spiro atoms. The first kappa shape index (κ1) is 20.6. The van der Waals surface area contributed by atoms with Crippen LogP contribution in [0.15, 0.2) is 29.7 Å². The van der Waals surface area contributed by atoms with Gasteiger partial charge in [0.15, 0.2) is 16.6 Å². The Labute approximate surface area is 161 Å². The number of esters is 1. The summed E-state index contributed by atoms with van der Waals surface area (Å²) >= 11 is 1.30. The second-order valence-corrected chi connectivity index (χ2v) is 6.41. The van der Waals surface area contributed by atoms with E-state index in [1.807, 2.05) is 0 Å². The van der Waals surface area contributed by atoms with E-state index in [2.05, 4.69) is 16.8 Å². The Hall–Kier alpha value is -2.69. The van der Waals surface area contributed by atoms with Gasteiger partial charge in [0.05, 0.1) is 25.5 Å². The first-order valence-electron chi connectivity index (χ1n) is 8.29. The number of methoxy groups -OCH3 is 1. The number of carbonyl (C=O) groups is 1. The van der Waals surface area contributed by atoms with Crippen LogP contribution in [0.1, 0.15) is 36.5 Å². The maximum Gasteiger partial charge on any atom is 0.331 e. The molecule has 1 heterocycles. The molecule has 0 bridgehead atoms. The van der Waals surface area contributed by atoms with Crippen molar-refractivity contribution in [1.29, 1.82) is 0 Å². The summed E-state index contributed by atoms with van der Waals surface area (Å²) < 4.78 is 24.0. The third-order valence-electron chi connectivity index (χ3n) is 3.38. The SMILES string of the molecule is CCOC(=O)/C=C(\c1ccc(OC)c(F)c1)c1csc(C#CCC(C)O)n1. The highest BCUT2D eigenvalue weighted by atomic mass is 32.1. The van der Waals surface area contributed by atoms with Crippen LogP contribution in [0, 0.1) is 17.7 Å². The number of hydrogen-bond donors (Lipinski definition) is 1. The molecule has 1 aromatic carbocycles. The average molecular weight is 389 g/mol. The van der Waals surface area contributed by atoms with Crippen molar-refractivity contribution in [1.82, 2.24) is 4.98 Å². The second kappa shape index (κ2) is 9.86. The van der Waals surface area contributed by atoms with Crippen molar-refractivity contribution in [2.75, 3.05) is 13.7 Å². The predicted molar refractivity (Wildman–Crippen MR) is 102 cm³/mol. The summed E-state index contributed by atoms with van der Waals surface area (Å²) in [5, 5.41) is 11.5. The van der Waals surface area contributed by atoms with Crippen LogP contribution in [0.25, 0.3) is 5.57 Å². The van der Waals surface area contributed by atoms with Gasteiger partial charge in [-0.1, -0.05) is 12.0 Å². The summed E-state index contributed by atoms with van der Waals surface area (Å²) in [5.74, 6) is 4.73. The van der Waals surface area contributed by atoms with Gasteiger partial charge in [0.1, 0.15) is 0 Å². The number of carbonyl (C=O) groups excluding carboxylic acids is 1. The van der Waals surface area contributed by atoms with Crippen LogP contribution in [-0.4, -0.2) is 35.9 Å². The van der Waals surface area contributed by atoms with E-state index in [9.17, 15) is 14.3 Å². The van der Waals surface area contributed by atoms with Gasteiger partial charge < -0.3 is 14.6 Å². The number of rotatable bonds is 6. The van der Waals surface area contributed by atoms with Gasteiger partial charge >= 0.3 is 5.97 Å². The Morgan fingerprint density at radius 2 is 2.26 bits per heavy atom. The summed E-state index contributed by atoms with van der Waals surface area (Å²) in [6.07, 6.45) is 1.11. The molecule has 1 unspecified atom stereocenters. The Balaban J connectivity index is 2.42. The number of aliphatic hydroxyl groups excluding tert-OH is 1. The minimum absolute atomic E-state index is 0.109. The van der Waals surface area contributed by atoms with Crippen molar-refractivity contribution in [2.24, 2.45) is 0 Å². The van der Waals surface area contributed by atoms with Gasteiger partial charge in [0.2, 0.25) is 0 Å². The molecule has 0 saturated carbocycles. The molecule has 0 radical (unpaired) electrons. The van der Waals surface area contributed by atoms with Crippen LogP contribution in [0.2, 0.25) is 0 Å². The summed E-state index contributed by atoms with van der Waals surface area (Å²) in [6, 6.07) is 4.41. The maximum atomic E-state index is 14.1. The van der Waals surface area contributed by atoms with Crippen LogP contribution in [0.5, 0.6) is 5.75 Å². The Kier molecular flexibility index (Phi) is 7.53. The highest BCUT2D eigenvalue weighted by molar-refractivity contribution is 7.10. The zero-order valence-corrected chi connectivity index (χ0v) is 16.1. The minimum atomic E-state index is -0.545. The zero-order chi connectivity index (χ0) is 19.8. The summed E-state index contributed by atoms with van der Waals surface area (Å²) in [5.41, 5.74) is 1.38. The fourth-order valence-electron chi connectivity index (χ4n) is 2.17. The number of nitrogens with zero attached hydrogens (tertiary/aromatic N) is 1. The van der Waals surface area contributed by atoms with Gasteiger partial charge in [-0.05, 0) is 37.5 Å². The first-order chi connectivity index (χ1) is 12.9. The zero-order valence-electron chi connectivity index (χ0n) is 15.3. The van der Waals surface area contributed by atoms with E-state index in [1.165, 1.54) is 36.7 Å². The van der Waals surface area contributed by atoms with Crippen molar-refractivity contribution < 1.29 is 23.8 Å². The van der Waals surface area contributed by atoms with E-state index in [0.717, 1.165) is 0 Å². The topological polar surface area (TPSA) is 68.7 Å².